The van der Waals surface area contributed by atoms with Gasteiger partial charge in [-0.05, 0) is 23.2 Å². The van der Waals surface area contributed by atoms with Crippen LogP contribution in [-0.2, 0) is 6.61 Å². The maximum absolute atomic E-state index is 10.9. The molecule has 0 saturated carbocycles. The molecule has 17 heavy (non-hydrogen) atoms. The van der Waals surface area contributed by atoms with Crippen LogP contribution in [0.15, 0.2) is 48.8 Å². The molecule has 0 spiro atoms. The van der Waals surface area contributed by atoms with Crippen molar-refractivity contribution in [1.29, 1.82) is 0 Å². The van der Waals surface area contributed by atoms with Crippen molar-refractivity contribution in [3.8, 4) is 5.75 Å². The molecule has 1 heterocycles. The van der Waals surface area contributed by atoms with Crippen molar-refractivity contribution < 1.29 is 9.53 Å². The Labute approximate surface area is 104 Å². The van der Waals surface area contributed by atoms with Gasteiger partial charge in [-0.15, -0.1) is 0 Å². The Morgan fingerprint density at radius 1 is 1.24 bits per heavy atom. The number of halogens is 1. The van der Waals surface area contributed by atoms with Gasteiger partial charge in [0.15, 0.2) is 0 Å². The van der Waals surface area contributed by atoms with Gasteiger partial charge in [0, 0.05) is 6.20 Å². The molecule has 2 aromatic rings. The van der Waals surface area contributed by atoms with Crippen LogP contribution in [0.5, 0.6) is 5.75 Å². The third-order valence-corrected chi connectivity index (χ3v) is 2.41. The highest BCUT2D eigenvalue weighted by Gasteiger charge is 2.04. The largest absolute Gasteiger partial charge is 0.487 e. The molecule has 0 aliphatic heterocycles. The van der Waals surface area contributed by atoms with Gasteiger partial charge in [-0.1, -0.05) is 30.3 Å². The lowest BCUT2D eigenvalue weighted by molar-refractivity contribution is 0.108. The highest BCUT2D eigenvalue weighted by Crippen LogP contribution is 2.14. The van der Waals surface area contributed by atoms with Gasteiger partial charge in [-0.3, -0.25) is 9.78 Å². The zero-order valence-corrected chi connectivity index (χ0v) is 9.72. The van der Waals surface area contributed by atoms with Crippen molar-refractivity contribution in [2.75, 3.05) is 0 Å². The van der Waals surface area contributed by atoms with E-state index >= 15 is 0 Å². The second-order valence-corrected chi connectivity index (χ2v) is 3.80. The molecule has 0 amide bonds. The van der Waals surface area contributed by atoms with E-state index in [2.05, 4.69) is 4.98 Å². The first-order valence-electron chi connectivity index (χ1n) is 5.07. The number of aromatic nitrogens is 1. The van der Waals surface area contributed by atoms with Crippen molar-refractivity contribution in [3.05, 3.63) is 59.9 Å². The summed E-state index contributed by atoms with van der Waals surface area (Å²) in [6, 6.07) is 11.3. The molecule has 1 aromatic heterocycles. The van der Waals surface area contributed by atoms with E-state index in [0.717, 1.165) is 5.56 Å². The lowest BCUT2D eigenvalue weighted by Gasteiger charge is -2.06. The van der Waals surface area contributed by atoms with E-state index in [4.69, 9.17) is 16.3 Å². The van der Waals surface area contributed by atoms with Crippen molar-refractivity contribution in [1.82, 2.24) is 4.98 Å². The number of hydrogen-bond acceptors (Lipinski definition) is 3. The van der Waals surface area contributed by atoms with Crippen LogP contribution in [0.3, 0.4) is 0 Å². The Morgan fingerprint density at radius 3 is 2.71 bits per heavy atom. The fourth-order valence-corrected chi connectivity index (χ4v) is 1.45. The van der Waals surface area contributed by atoms with E-state index in [0.29, 0.717) is 17.9 Å². The number of carbonyl (C=O) groups excluding carboxylic acids is 1. The molecular weight excluding hydrogens is 238 g/mol. The summed E-state index contributed by atoms with van der Waals surface area (Å²) >= 11 is 5.36. The smallest absolute Gasteiger partial charge is 0.254 e. The predicted octanol–water partition coefficient (Wildman–Crippen LogP) is 3.04. The number of hydrogen-bond donors (Lipinski definition) is 0. The summed E-state index contributed by atoms with van der Waals surface area (Å²) in [4.78, 5) is 14.8. The highest BCUT2D eigenvalue weighted by molar-refractivity contribution is 6.67. The van der Waals surface area contributed by atoms with Crippen LogP contribution in [0.2, 0.25) is 0 Å². The summed E-state index contributed by atoms with van der Waals surface area (Å²) in [5.74, 6) is 0.528. The summed E-state index contributed by atoms with van der Waals surface area (Å²) in [6.07, 6.45) is 2.96. The summed E-state index contributed by atoms with van der Waals surface area (Å²) in [5.41, 5.74) is 1.38. The second-order valence-electron chi connectivity index (χ2n) is 3.46. The van der Waals surface area contributed by atoms with E-state index in [1.54, 1.807) is 12.3 Å². The summed E-state index contributed by atoms with van der Waals surface area (Å²) in [7, 11) is 0. The number of carbonyl (C=O) groups is 1. The van der Waals surface area contributed by atoms with Crippen LogP contribution in [-0.4, -0.2) is 10.2 Å². The van der Waals surface area contributed by atoms with Gasteiger partial charge < -0.3 is 4.74 Å². The average Bonchev–Trinajstić information content (AvgIpc) is 2.38. The van der Waals surface area contributed by atoms with Crippen LogP contribution in [0, 0.1) is 0 Å². The number of benzene rings is 1. The predicted molar refractivity (Wildman–Crippen MR) is 65.2 cm³/mol. The number of ether oxygens (including phenoxy) is 1. The minimum Gasteiger partial charge on any atom is -0.487 e. The van der Waals surface area contributed by atoms with Gasteiger partial charge in [-0.25, -0.2) is 0 Å². The van der Waals surface area contributed by atoms with Crippen molar-refractivity contribution in [3.63, 3.8) is 0 Å². The Bertz CT molecular complexity index is 514. The van der Waals surface area contributed by atoms with E-state index in [1.165, 1.54) is 6.20 Å². The molecule has 0 unspecified atom stereocenters. The molecule has 0 atom stereocenters. The number of pyridine rings is 1. The molecule has 0 fully saturated rings. The lowest BCUT2D eigenvalue weighted by Crippen LogP contribution is -1.97. The van der Waals surface area contributed by atoms with Crippen molar-refractivity contribution in [2.24, 2.45) is 0 Å². The molecule has 0 N–H and O–H groups in total. The highest BCUT2D eigenvalue weighted by atomic mass is 35.5. The second kappa shape index (κ2) is 5.46. The third kappa shape index (κ3) is 3.29. The third-order valence-electron chi connectivity index (χ3n) is 2.19. The fraction of sp³-hybridized carbons (Fsp3) is 0.0769. The normalized spacial score (nSPS) is 9.94. The minimum atomic E-state index is -0.539. The monoisotopic (exact) mass is 247 g/mol. The molecule has 86 valence electrons. The van der Waals surface area contributed by atoms with E-state index < -0.39 is 5.24 Å². The van der Waals surface area contributed by atoms with Crippen LogP contribution < -0.4 is 4.74 Å². The Hall–Kier alpha value is -1.87. The molecule has 3 nitrogen and oxygen atoms in total. The molecule has 4 heteroatoms. The first kappa shape index (κ1) is 11.6. The molecule has 0 aliphatic rings. The topological polar surface area (TPSA) is 39.2 Å². The summed E-state index contributed by atoms with van der Waals surface area (Å²) in [5, 5.41) is -0.539. The van der Waals surface area contributed by atoms with Crippen molar-refractivity contribution >= 4 is 16.8 Å². The van der Waals surface area contributed by atoms with Crippen LogP contribution in [0.25, 0.3) is 0 Å². The van der Waals surface area contributed by atoms with Crippen LogP contribution in [0.1, 0.15) is 15.9 Å². The first-order valence-corrected chi connectivity index (χ1v) is 5.45. The fourth-order valence-electron chi connectivity index (χ4n) is 1.35. The molecule has 2 rings (SSSR count). The molecule has 0 bridgehead atoms. The van der Waals surface area contributed by atoms with Gasteiger partial charge in [0.05, 0.1) is 11.8 Å². The van der Waals surface area contributed by atoms with E-state index in [1.807, 2.05) is 30.3 Å². The SMILES string of the molecule is O=C(Cl)c1cncc(OCc2ccccc2)c1. The number of rotatable bonds is 4. The maximum atomic E-state index is 10.9. The van der Waals surface area contributed by atoms with Crippen LogP contribution >= 0.6 is 11.6 Å². The number of nitrogens with zero attached hydrogens (tertiary/aromatic N) is 1. The van der Waals surface area contributed by atoms with Gasteiger partial charge in [0.2, 0.25) is 0 Å². The zero-order chi connectivity index (χ0) is 12.1. The Balaban J connectivity index is 2.04. The van der Waals surface area contributed by atoms with E-state index in [-0.39, 0.29) is 0 Å². The lowest BCUT2D eigenvalue weighted by atomic mass is 10.2. The standard InChI is InChI=1S/C13H10ClNO2/c14-13(16)11-6-12(8-15-7-11)17-9-10-4-2-1-3-5-10/h1-8H,9H2. The first-order chi connectivity index (χ1) is 8.25. The van der Waals surface area contributed by atoms with Gasteiger partial charge >= 0.3 is 0 Å². The molecular formula is C13H10ClNO2. The van der Waals surface area contributed by atoms with Crippen molar-refractivity contribution in [2.45, 2.75) is 6.61 Å². The quantitative estimate of drug-likeness (QED) is 0.780. The Morgan fingerprint density at radius 2 is 2.00 bits per heavy atom. The molecule has 0 aliphatic carbocycles. The Kier molecular flexibility index (Phi) is 3.73. The van der Waals surface area contributed by atoms with Gasteiger partial charge in [-0.2, -0.15) is 0 Å². The molecule has 0 radical (unpaired) electrons. The zero-order valence-electron chi connectivity index (χ0n) is 8.97. The van der Waals surface area contributed by atoms with Crippen LogP contribution in [0.4, 0.5) is 0 Å². The maximum Gasteiger partial charge on any atom is 0.254 e. The summed E-state index contributed by atoms with van der Waals surface area (Å²) < 4.78 is 5.51. The van der Waals surface area contributed by atoms with Gasteiger partial charge in [0.25, 0.3) is 5.24 Å². The van der Waals surface area contributed by atoms with E-state index in [9.17, 15) is 4.79 Å². The average molecular weight is 248 g/mol. The van der Waals surface area contributed by atoms with Gasteiger partial charge in [0.1, 0.15) is 12.4 Å². The minimum absolute atomic E-state index is 0.331. The molecule has 1 aromatic carbocycles. The molecule has 0 saturated heterocycles. The summed E-state index contributed by atoms with van der Waals surface area (Å²) in [6.45, 7) is 0.433.